The predicted octanol–water partition coefficient (Wildman–Crippen LogP) is 2.79. The topological polar surface area (TPSA) is 0 Å². The van der Waals surface area contributed by atoms with E-state index >= 15 is 0 Å². The van der Waals surface area contributed by atoms with Crippen molar-refractivity contribution < 1.29 is 0 Å². The summed E-state index contributed by atoms with van der Waals surface area (Å²) in [5.74, 6) is 9.49. The van der Waals surface area contributed by atoms with Gasteiger partial charge in [-0.15, -0.1) is 0 Å². The van der Waals surface area contributed by atoms with Gasteiger partial charge in [0.2, 0.25) is 0 Å². The lowest BCUT2D eigenvalue weighted by Crippen LogP contribution is -2.76. The van der Waals surface area contributed by atoms with Crippen molar-refractivity contribution in [3.05, 3.63) is 0 Å². The normalized spacial score (nSPS) is 76.5. The first-order valence-corrected chi connectivity index (χ1v) is 5.80. The molecule has 0 aromatic rings. The number of hydrogen-bond acceptors (Lipinski definition) is 0. The van der Waals surface area contributed by atoms with Gasteiger partial charge >= 0.3 is 0 Å². The maximum Gasteiger partial charge on any atom is -0.0315 e. The molecule has 4 aliphatic carbocycles. The van der Waals surface area contributed by atoms with Gasteiger partial charge in [0.05, 0.1) is 0 Å². The standard InChI is InChI=1S/C12H18/c1-5-6(2)10-9(5)11-7-3-4-8(7)12(10)11/h5-12H,3-4H2,1-2H3/t5-,6?,7+,8?,9-,10?,11-,12?/m1/s1. The molecule has 0 heteroatoms. The summed E-state index contributed by atoms with van der Waals surface area (Å²) in [6.07, 6.45) is 3.19. The maximum atomic E-state index is 2.49. The van der Waals surface area contributed by atoms with Crippen molar-refractivity contribution in [2.75, 3.05) is 0 Å². The van der Waals surface area contributed by atoms with Crippen molar-refractivity contribution in [3.8, 4) is 0 Å². The van der Waals surface area contributed by atoms with Gasteiger partial charge < -0.3 is 0 Å². The highest BCUT2D eigenvalue weighted by Crippen LogP contribution is 2.79. The second-order valence-electron chi connectivity index (χ2n) is 5.93. The van der Waals surface area contributed by atoms with Gasteiger partial charge in [-0.3, -0.25) is 0 Å². The van der Waals surface area contributed by atoms with E-state index in [2.05, 4.69) is 13.8 Å². The lowest BCUT2D eigenvalue weighted by molar-refractivity contribution is -0.330. The summed E-state index contributed by atoms with van der Waals surface area (Å²) < 4.78 is 0. The van der Waals surface area contributed by atoms with Crippen molar-refractivity contribution in [3.63, 3.8) is 0 Å². The van der Waals surface area contributed by atoms with Crippen LogP contribution in [0, 0.1) is 47.3 Å². The molecular weight excluding hydrogens is 144 g/mol. The molecule has 0 N–H and O–H groups in total. The zero-order valence-electron chi connectivity index (χ0n) is 8.03. The number of fused-ring (bicyclic) bond motifs is 7. The van der Waals surface area contributed by atoms with Crippen LogP contribution >= 0.6 is 0 Å². The molecule has 8 atom stereocenters. The second kappa shape index (κ2) is 1.63. The molecule has 0 aliphatic heterocycles. The lowest BCUT2D eigenvalue weighted by Gasteiger charge is -2.80. The van der Waals surface area contributed by atoms with Crippen molar-refractivity contribution in [2.45, 2.75) is 26.7 Å². The summed E-state index contributed by atoms with van der Waals surface area (Å²) in [7, 11) is 0. The van der Waals surface area contributed by atoms with Crippen LogP contribution in [-0.2, 0) is 0 Å². The first kappa shape index (κ1) is 6.45. The molecule has 0 aromatic heterocycles. The zero-order chi connectivity index (χ0) is 8.03. The molecule has 4 aliphatic rings. The summed E-state index contributed by atoms with van der Waals surface area (Å²) in [4.78, 5) is 0. The minimum atomic E-state index is 1.08. The molecule has 66 valence electrons. The van der Waals surface area contributed by atoms with E-state index in [0.717, 1.165) is 11.8 Å². The van der Waals surface area contributed by atoms with E-state index in [1.807, 2.05) is 0 Å². The number of rotatable bonds is 0. The van der Waals surface area contributed by atoms with E-state index in [9.17, 15) is 0 Å². The van der Waals surface area contributed by atoms with Gasteiger partial charge in [0.15, 0.2) is 0 Å². The summed E-state index contributed by atoms with van der Waals surface area (Å²) in [6, 6.07) is 0. The quantitative estimate of drug-likeness (QED) is 0.514. The molecule has 0 bridgehead atoms. The summed E-state index contributed by atoms with van der Waals surface area (Å²) in [6.45, 7) is 4.99. The Kier molecular flexibility index (Phi) is 0.875. The summed E-state index contributed by atoms with van der Waals surface area (Å²) >= 11 is 0. The third-order valence-electron chi connectivity index (χ3n) is 6.19. The Bertz CT molecular complexity index is 194. The van der Waals surface area contributed by atoms with E-state index in [1.54, 1.807) is 12.8 Å². The van der Waals surface area contributed by atoms with Crippen molar-refractivity contribution in [1.82, 2.24) is 0 Å². The first-order valence-electron chi connectivity index (χ1n) is 5.80. The van der Waals surface area contributed by atoms with Crippen LogP contribution in [0.3, 0.4) is 0 Å². The Morgan fingerprint density at radius 2 is 1.08 bits per heavy atom. The average molecular weight is 162 g/mol. The van der Waals surface area contributed by atoms with Gasteiger partial charge in [-0.05, 0) is 60.2 Å². The molecular formula is C12H18. The molecule has 0 aromatic carbocycles. The van der Waals surface area contributed by atoms with Gasteiger partial charge in [0.25, 0.3) is 0 Å². The van der Waals surface area contributed by atoms with Crippen LogP contribution in [0.25, 0.3) is 0 Å². The van der Waals surface area contributed by atoms with Crippen LogP contribution in [-0.4, -0.2) is 0 Å². The monoisotopic (exact) mass is 162 g/mol. The van der Waals surface area contributed by atoms with Crippen molar-refractivity contribution in [2.24, 2.45) is 47.3 Å². The van der Waals surface area contributed by atoms with E-state index < -0.39 is 0 Å². The summed E-state index contributed by atoms with van der Waals surface area (Å²) in [5.41, 5.74) is 0. The Labute approximate surface area is 74.7 Å². The van der Waals surface area contributed by atoms with Gasteiger partial charge in [-0.1, -0.05) is 13.8 Å². The molecule has 0 amide bonds. The fourth-order valence-electron chi connectivity index (χ4n) is 5.34. The minimum Gasteiger partial charge on any atom is -0.0620 e. The highest BCUT2D eigenvalue weighted by atomic mass is 14.8. The largest absolute Gasteiger partial charge is 0.0620 e. The number of hydrogen-bond donors (Lipinski definition) is 0. The van der Waals surface area contributed by atoms with Crippen molar-refractivity contribution >= 4 is 0 Å². The van der Waals surface area contributed by atoms with Gasteiger partial charge in [-0.25, -0.2) is 0 Å². The third-order valence-corrected chi connectivity index (χ3v) is 6.19. The van der Waals surface area contributed by atoms with Crippen LogP contribution in [0.5, 0.6) is 0 Å². The average Bonchev–Trinajstić information content (AvgIpc) is 2.02. The van der Waals surface area contributed by atoms with Crippen LogP contribution in [0.4, 0.5) is 0 Å². The van der Waals surface area contributed by atoms with Gasteiger partial charge in [0, 0.05) is 0 Å². The van der Waals surface area contributed by atoms with Crippen LogP contribution in [0.2, 0.25) is 0 Å². The van der Waals surface area contributed by atoms with E-state index in [1.165, 1.54) is 35.5 Å². The fourth-order valence-corrected chi connectivity index (χ4v) is 5.34. The van der Waals surface area contributed by atoms with Crippen molar-refractivity contribution in [1.29, 1.82) is 0 Å². The zero-order valence-corrected chi connectivity index (χ0v) is 8.03. The lowest BCUT2D eigenvalue weighted by atomic mass is 9.24. The van der Waals surface area contributed by atoms with Gasteiger partial charge in [0.1, 0.15) is 0 Å². The molecule has 0 nitrogen and oxygen atoms in total. The predicted molar refractivity (Wildman–Crippen MR) is 48.5 cm³/mol. The van der Waals surface area contributed by atoms with Gasteiger partial charge in [-0.2, -0.15) is 0 Å². The molecule has 4 unspecified atom stereocenters. The molecule has 4 saturated carbocycles. The fraction of sp³-hybridized carbons (Fsp3) is 1.00. The Morgan fingerprint density at radius 3 is 1.42 bits per heavy atom. The Balaban J connectivity index is 1.63. The molecule has 0 heterocycles. The molecule has 4 rings (SSSR count). The van der Waals surface area contributed by atoms with E-state index in [-0.39, 0.29) is 0 Å². The minimum absolute atomic E-state index is 1.08. The highest BCUT2D eigenvalue weighted by molar-refractivity contribution is 5.22. The summed E-state index contributed by atoms with van der Waals surface area (Å²) in [5, 5.41) is 0. The molecule has 12 heavy (non-hydrogen) atoms. The van der Waals surface area contributed by atoms with Crippen LogP contribution in [0.15, 0.2) is 0 Å². The van der Waals surface area contributed by atoms with Crippen LogP contribution < -0.4 is 0 Å². The molecule has 0 saturated heterocycles. The third kappa shape index (κ3) is 0.400. The SMILES string of the molecule is CC1C2C3C4CC[C@@H]4[C@@H]3[C@@H]2[C@@H]1C. The van der Waals surface area contributed by atoms with Crippen LogP contribution in [0.1, 0.15) is 26.7 Å². The highest BCUT2D eigenvalue weighted by Gasteiger charge is 2.74. The van der Waals surface area contributed by atoms with E-state index in [4.69, 9.17) is 0 Å². The maximum absolute atomic E-state index is 2.49. The smallest absolute Gasteiger partial charge is 0.0315 e. The Hall–Kier alpha value is 0. The molecule has 0 radical (unpaired) electrons. The molecule has 4 fully saturated rings. The Morgan fingerprint density at radius 1 is 0.667 bits per heavy atom. The molecule has 0 spiro atoms. The first-order chi connectivity index (χ1) is 5.80. The van der Waals surface area contributed by atoms with E-state index in [0.29, 0.717) is 0 Å². The second-order valence-corrected chi connectivity index (χ2v) is 5.93.